The summed E-state index contributed by atoms with van der Waals surface area (Å²) in [5.41, 5.74) is 1.03. The maximum absolute atomic E-state index is 11.8. The number of carboxylic acids is 1. The van der Waals surface area contributed by atoms with Gasteiger partial charge in [0.1, 0.15) is 0 Å². The Kier molecular flexibility index (Phi) is 4.68. The summed E-state index contributed by atoms with van der Waals surface area (Å²) in [6.07, 6.45) is 1.83. The van der Waals surface area contributed by atoms with Gasteiger partial charge in [-0.1, -0.05) is 0 Å². The molecule has 0 saturated heterocycles. The van der Waals surface area contributed by atoms with Crippen LogP contribution in [0.3, 0.4) is 0 Å². The van der Waals surface area contributed by atoms with Gasteiger partial charge in [-0.05, 0) is 38.3 Å². The third-order valence-electron chi connectivity index (χ3n) is 2.34. The van der Waals surface area contributed by atoms with E-state index in [1.807, 2.05) is 19.9 Å². The second-order valence-corrected chi connectivity index (χ2v) is 5.15. The van der Waals surface area contributed by atoms with Crippen LogP contribution >= 0.6 is 11.3 Å². The Morgan fingerprint density at radius 3 is 2.38 bits per heavy atom. The number of aryl methyl sites for hydroxylation is 2. The van der Waals surface area contributed by atoms with Gasteiger partial charge in [0.2, 0.25) is 0 Å². The molecule has 0 aromatic carbocycles. The number of hydrogen-bond acceptors (Lipinski definition) is 3. The zero-order valence-electron chi connectivity index (χ0n) is 9.58. The van der Waals surface area contributed by atoms with Gasteiger partial charge in [0, 0.05) is 17.7 Å². The Labute approximate surface area is 99.1 Å². The number of hydrogen-bond donors (Lipinski definition) is 1. The molecule has 4 heteroatoms. The van der Waals surface area contributed by atoms with E-state index in [1.165, 1.54) is 11.3 Å². The molecule has 16 heavy (non-hydrogen) atoms. The molecule has 1 aromatic heterocycles. The van der Waals surface area contributed by atoms with Gasteiger partial charge in [-0.3, -0.25) is 9.59 Å². The van der Waals surface area contributed by atoms with Gasteiger partial charge < -0.3 is 5.11 Å². The van der Waals surface area contributed by atoms with E-state index in [4.69, 9.17) is 5.11 Å². The Morgan fingerprint density at radius 2 is 1.88 bits per heavy atom. The van der Waals surface area contributed by atoms with Crippen LogP contribution in [-0.4, -0.2) is 16.9 Å². The van der Waals surface area contributed by atoms with Crippen LogP contribution in [0.1, 0.15) is 45.8 Å². The molecule has 0 amide bonds. The highest BCUT2D eigenvalue weighted by Gasteiger charge is 2.11. The predicted molar refractivity (Wildman–Crippen MR) is 64.2 cm³/mol. The number of carbonyl (C=O) groups excluding carboxylic acids is 1. The molecule has 0 radical (unpaired) electrons. The number of ketones is 1. The van der Waals surface area contributed by atoms with Crippen molar-refractivity contribution < 1.29 is 14.7 Å². The molecule has 3 nitrogen and oxygen atoms in total. The fraction of sp³-hybridized carbons (Fsp3) is 0.500. The summed E-state index contributed by atoms with van der Waals surface area (Å²) < 4.78 is 0. The van der Waals surface area contributed by atoms with Gasteiger partial charge >= 0.3 is 5.97 Å². The summed E-state index contributed by atoms with van der Waals surface area (Å²) in [4.78, 5) is 24.0. The molecule has 0 spiro atoms. The molecule has 0 unspecified atom stereocenters. The summed E-state index contributed by atoms with van der Waals surface area (Å²) in [7, 11) is 0. The van der Waals surface area contributed by atoms with Crippen molar-refractivity contribution in [3.8, 4) is 0 Å². The van der Waals surface area contributed by atoms with Crippen LogP contribution in [0, 0.1) is 13.8 Å². The van der Waals surface area contributed by atoms with E-state index in [9.17, 15) is 9.59 Å². The van der Waals surface area contributed by atoms with Gasteiger partial charge in [0.05, 0.1) is 4.88 Å². The lowest BCUT2D eigenvalue weighted by Crippen LogP contribution is -1.99. The second kappa shape index (κ2) is 5.80. The number of rotatable bonds is 6. The number of aliphatic carboxylic acids is 1. The zero-order valence-corrected chi connectivity index (χ0v) is 10.4. The first-order valence-electron chi connectivity index (χ1n) is 5.32. The zero-order chi connectivity index (χ0) is 12.1. The van der Waals surface area contributed by atoms with Crippen molar-refractivity contribution in [1.82, 2.24) is 0 Å². The van der Waals surface area contributed by atoms with Crippen molar-refractivity contribution in [1.29, 1.82) is 0 Å². The number of unbranched alkanes of at least 4 members (excludes halogenated alkanes) is 1. The van der Waals surface area contributed by atoms with E-state index in [1.54, 1.807) is 0 Å². The minimum atomic E-state index is -0.796. The first-order chi connectivity index (χ1) is 7.50. The molecule has 0 atom stereocenters. The summed E-state index contributed by atoms with van der Waals surface area (Å²) in [5.74, 6) is -0.656. The number of thiophene rings is 1. The molecule has 0 bridgehead atoms. The average molecular weight is 240 g/mol. The first-order valence-corrected chi connectivity index (χ1v) is 6.14. The van der Waals surface area contributed by atoms with Crippen LogP contribution in [-0.2, 0) is 4.79 Å². The summed E-state index contributed by atoms with van der Waals surface area (Å²) in [6, 6.07) is 2.01. The van der Waals surface area contributed by atoms with Crippen LogP contribution in [0.5, 0.6) is 0 Å². The van der Waals surface area contributed by atoms with Gasteiger partial charge in [0.25, 0.3) is 0 Å². The monoisotopic (exact) mass is 240 g/mol. The lowest BCUT2D eigenvalue weighted by Gasteiger charge is -1.98. The summed E-state index contributed by atoms with van der Waals surface area (Å²) in [5, 5.41) is 8.46. The molecule has 1 rings (SSSR count). The summed E-state index contributed by atoms with van der Waals surface area (Å²) in [6.45, 7) is 3.92. The molecule has 0 aliphatic heterocycles. The highest BCUT2D eigenvalue weighted by molar-refractivity contribution is 7.14. The lowest BCUT2D eigenvalue weighted by molar-refractivity contribution is -0.137. The maximum Gasteiger partial charge on any atom is 0.303 e. The van der Waals surface area contributed by atoms with Crippen molar-refractivity contribution in [2.24, 2.45) is 0 Å². The lowest BCUT2D eigenvalue weighted by atomic mass is 10.1. The Balaban J connectivity index is 2.41. The first kappa shape index (κ1) is 12.9. The van der Waals surface area contributed by atoms with Crippen LogP contribution in [0.2, 0.25) is 0 Å². The van der Waals surface area contributed by atoms with E-state index in [0.29, 0.717) is 19.3 Å². The minimum Gasteiger partial charge on any atom is -0.481 e. The number of carboxylic acid groups (broad SMARTS) is 1. The van der Waals surface area contributed by atoms with Crippen molar-refractivity contribution >= 4 is 23.1 Å². The molecular formula is C12H16O3S. The van der Waals surface area contributed by atoms with E-state index in [2.05, 4.69) is 0 Å². The average Bonchev–Trinajstić information content (AvgIpc) is 2.52. The number of carbonyl (C=O) groups is 2. The molecule has 1 N–H and O–H groups in total. The summed E-state index contributed by atoms with van der Waals surface area (Å²) >= 11 is 1.52. The molecule has 1 aromatic rings. The van der Waals surface area contributed by atoms with E-state index < -0.39 is 5.97 Å². The van der Waals surface area contributed by atoms with Crippen LogP contribution in [0.15, 0.2) is 6.07 Å². The quantitative estimate of drug-likeness (QED) is 0.613. The third-order valence-corrected chi connectivity index (χ3v) is 3.53. The SMILES string of the molecule is Cc1cc(C)c(C(=O)CCCCC(=O)O)s1. The third kappa shape index (κ3) is 3.77. The fourth-order valence-corrected chi connectivity index (χ4v) is 2.59. The molecule has 0 aliphatic carbocycles. The Hall–Kier alpha value is -1.16. The molecule has 0 aliphatic rings. The molecule has 0 fully saturated rings. The highest BCUT2D eigenvalue weighted by Crippen LogP contribution is 2.23. The van der Waals surface area contributed by atoms with Crippen molar-refractivity contribution in [2.75, 3.05) is 0 Å². The fourth-order valence-electron chi connectivity index (χ4n) is 1.59. The van der Waals surface area contributed by atoms with Gasteiger partial charge in [-0.2, -0.15) is 0 Å². The largest absolute Gasteiger partial charge is 0.481 e. The normalized spacial score (nSPS) is 10.4. The molecule has 88 valence electrons. The van der Waals surface area contributed by atoms with Crippen molar-refractivity contribution in [3.63, 3.8) is 0 Å². The smallest absolute Gasteiger partial charge is 0.303 e. The number of Topliss-reactive ketones (excluding diaryl/α,β-unsaturated/α-hetero) is 1. The van der Waals surface area contributed by atoms with Crippen LogP contribution < -0.4 is 0 Å². The van der Waals surface area contributed by atoms with Crippen LogP contribution in [0.25, 0.3) is 0 Å². The Morgan fingerprint density at radius 1 is 1.25 bits per heavy atom. The highest BCUT2D eigenvalue weighted by atomic mass is 32.1. The topological polar surface area (TPSA) is 54.4 Å². The molecule has 0 saturated carbocycles. The Bertz CT molecular complexity index is 393. The second-order valence-electron chi connectivity index (χ2n) is 3.89. The van der Waals surface area contributed by atoms with E-state index in [0.717, 1.165) is 15.3 Å². The predicted octanol–water partition coefficient (Wildman–Crippen LogP) is 3.19. The van der Waals surface area contributed by atoms with E-state index in [-0.39, 0.29) is 12.2 Å². The van der Waals surface area contributed by atoms with Gasteiger partial charge in [-0.25, -0.2) is 0 Å². The molecular weight excluding hydrogens is 224 g/mol. The maximum atomic E-state index is 11.8. The van der Waals surface area contributed by atoms with Gasteiger partial charge in [-0.15, -0.1) is 11.3 Å². The standard InChI is InChI=1S/C12H16O3S/c1-8-7-9(2)16-12(8)10(13)5-3-4-6-11(14)15/h7H,3-6H2,1-2H3,(H,14,15). The van der Waals surface area contributed by atoms with Crippen molar-refractivity contribution in [3.05, 3.63) is 21.4 Å². The van der Waals surface area contributed by atoms with Gasteiger partial charge in [0.15, 0.2) is 5.78 Å². The van der Waals surface area contributed by atoms with Crippen molar-refractivity contribution in [2.45, 2.75) is 39.5 Å². The van der Waals surface area contributed by atoms with E-state index >= 15 is 0 Å². The van der Waals surface area contributed by atoms with Crippen LogP contribution in [0.4, 0.5) is 0 Å². The molecule has 1 heterocycles. The minimum absolute atomic E-state index is 0.140.